The van der Waals surface area contributed by atoms with E-state index in [2.05, 4.69) is 0 Å². The summed E-state index contributed by atoms with van der Waals surface area (Å²) in [4.78, 5) is 69.3. The van der Waals surface area contributed by atoms with E-state index in [4.69, 9.17) is 28.4 Å². The van der Waals surface area contributed by atoms with Crippen LogP contribution in [-0.2, 0) is 42.9 Å². The Hall–Kier alpha value is -4.86. The standard InChI is InChI=1S/C24H24N2O14/c1-11(27)35-10-19-21(36-12(2)28)22(37-13(3)29)23(38-14(4)30)24(39-19)40-20-16-8-6-5-7-15(16)17(25(31)32)9-18(20)26(33)34/h5-9,19,21-24H,10H2,1-4H3/t19-,21+,22+,23+,24+/m1/s1. The minimum Gasteiger partial charge on any atom is -0.463 e. The van der Waals surface area contributed by atoms with Gasteiger partial charge in [0.05, 0.1) is 21.3 Å². The highest BCUT2D eigenvalue weighted by molar-refractivity contribution is 5.98. The van der Waals surface area contributed by atoms with Crippen LogP contribution >= 0.6 is 0 Å². The van der Waals surface area contributed by atoms with Crippen LogP contribution in [0.3, 0.4) is 0 Å². The summed E-state index contributed by atoms with van der Waals surface area (Å²) in [5, 5.41) is 23.5. The Morgan fingerprint density at radius 3 is 1.82 bits per heavy atom. The van der Waals surface area contributed by atoms with Crippen molar-refractivity contribution in [1.29, 1.82) is 0 Å². The molecule has 0 amide bonds. The Morgan fingerprint density at radius 1 is 0.775 bits per heavy atom. The lowest BCUT2D eigenvalue weighted by atomic mass is 9.98. The van der Waals surface area contributed by atoms with E-state index in [0.29, 0.717) is 6.07 Å². The molecule has 2 aromatic carbocycles. The maximum absolute atomic E-state index is 12.0. The smallest absolute Gasteiger partial charge is 0.318 e. The van der Waals surface area contributed by atoms with Crippen LogP contribution in [0.15, 0.2) is 30.3 Å². The molecule has 1 aliphatic heterocycles. The number of non-ortho nitro benzene ring substituents is 1. The van der Waals surface area contributed by atoms with E-state index in [9.17, 15) is 39.4 Å². The van der Waals surface area contributed by atoms with Crippen LogP contribution in [0.2, 0.25) is 0 Å². The molecule has 0 aromatic heterocycles. The molecular formula is C24H24N2O14. The van der Waals surface area contributed by atoms with Gasteiger partial charge in [0, 0.05) is 33.1 Å². The Bertz CT molecular complexity index is 1360. The van der Waals surface area contributed by atoms with Gasteiger partial charge in [-0.3, -0.25) is 39.4 Å². The predicted octanol–water partition coefficient (Wildman–Crippen LogP) is 2.12. The number of nitro groups is 2. The third kappa shape index (κ3) is 6.76. The minimum atomic E-state index is -1.79. The number of hydrogen-bond donors (Lipinski definition) is 0. The molecule has 0 spiro atoms. The maximum Gasteiger partial charge on any atom is 0.318 e. The lowest BCUT2D eigenvalue weighted by Gasteiger charge is -2.43. The molecule has 0 aliphatic carbocycles. The first kappa shape index (κ1) is 29.7. The van der Waals surface area contributed by atoms with Crippen LogP contribution in [0, 0.1) is 20.2 Å². The number of nitrogens with zero attached hydrogens (tertiary/aromatic N) is 2. The second kappa shape index (κ2) is 12.3. The summed E-state index contributed by atoms with van der Waals surface area (Å²) in [5.74, 6) is -3.89. The average Bonchev–Trinajstić information content (AvgIpc) is 2.85. The molecule has 1 aliphatic rings. The van der Waals surface area contributed by atoms with Gasteiger partial charge in [-0.1, -0.05) is 18.2 Å². The summed E-state index contributed by atoms with van der Waals surface area (Å²) < 4.78 is 32.6. The Morgan fingerprint density at radius 2 is 1.30 bits per heavy atom. The zero-order valence-electron chi connectivity index (χ0n) is 21.6. The molecule has 16 nitrogen and oxygen atoms in total. The van der Waals surface area contributed by atoms with Crippen molar-refractivity contribution >= 4 is 46.0 Å². The van der Waals surface area contributed by atoms with Crippen molar-refractivity contribution in [3.63, 3.8) is 0 Å². The van der Waals surface area contributed by atoms with Gasteiger partial charge in [-0.05, 0) is 6.07 Å². The molecule has 0 unspecified atom stereocenters. The molecule has 2 aromatic rings. The van der Waals surface area contributed by atoms with Gasteiger partial charge in [0.1, 0.15) is 12.7 Å². The first-order chi connectivity index (χ1) is 18.8. The van der Waals surface area contributed by atoms with E-state index in [1.807, 2.05) is 0 Å². The lowest BCUT2D eigenvalue weighted by molar-refractivity contribution is -0.394. The second-order valence-electron chi connectivity index (χ2n) is 8.49. The summed E-state index contributed by atoms with van der Waals surface area (Å²) in [6.07, 6.45) is -7.91. The van der Waals surface area contributed by atoms with E-state index in [-0.39, 0.29) is 10.8 Å². The highest BCUT2D eigenvalue weighted by Gasteiger charge is 2.54. The van der Waals surface area contributed by atoms with E-state index in [0.717, 1.165) is 27.7 Å². The van der Waals surface area contributed by atoms with Gasteiger partial charge in [-0.15, -0.1) is 0 Å². The Labute approximate surface area is 225 Å². The molecule has 214 valence electrons. The predicted molar refractivity (Wildman–Crippen MR) is 130 cm³/mol. The third-order valence-corrected chi connectivity index (χ3v) is 5.53. The topological polar surface area (TPSA) is 210 Å². The molecule has 0 radical (unpaired) electrons. The van der Waals surface area contributed by atoms with Crippen LogP contribution in [0.25, 0.3) is 10.8 Å². The lowest BCUT2D eigenvalue weighted by Crippen LogP contribution is -2.63. The van der Waals surface area contributed by atoms with Crippen molar-refractivity contribution in [2.24, 2.45) is 0 Å². The quantitative estimate of drug-likeness (QED) is 0.185. The van der Waals surface area contributed by atoms with Crippen LogP contribution in [-0.4, -0.2) is 71.0 Å². The summed E-state index contributed by atoms with van der Waals surface area (Å²) in [7, 11) is 0. The third-order valence-electron chi connectivity index (χ3n) is 5.53. The number of hydrogen-bond acceptors (Lipinski definition) is 14. The number of nitro benzene ring substituents is 2. The monoisotopic (exact) mass is 564 g/mol. The van der Waals surface area contributed by atoms with Crippen molar-refractivity contribution in [1.82, 2.24) is 0 Å². The molecule has 40 heavy (non-hydrogen) atoms. The number of ether oxygens (including phenoxy) is 6. The molecule has 1 heterocycles. The van der Waals surface area contributed by atoms with Crippen LogP contribution < -0.4 is 4.74 Å². The largest absolute Gasteiger partial charge is 0.463 e. The van der Waals surface area contributed by atoms with Crippen molar-refractivity contribution in [2.75, 3.05) is 6.61 Å². The second-order valence-corrected chi connectivity index (χ2v) is 8.49. The van der Waals surface area contributed by atoms with E-state index >= 15 is 0 Å². The highest BCUT2D eigenvalue weighted by Crippen LogP contribution is 2.43. The number of carbonyl (C=O) groups excluding carboxylic acids is 4. The number of rotatable bonds is 9. The fourth-order valence-electron chi connectivity index (χ4n) is 4.13. The number of benzene rings is 2. The van der Waals surface area contributed by atoms with E-state index in [1.54, 1.807) is 0 Å². The summed E-state index contributed by atoms with van der Waals surface area (Å²) in [6.45, 7) is 3.62. The summed E-state index contributed by atoms with van der Waals surface area (Å²) >= 11 is 0. The van der Waals surface area contributed by atoms with Crippen LogP contribution in [0.4, 0.5) is 11.4 Å². The molecule has 5 atom stereocenters. The van der Waals surface area contributed by atoms with Gasteiger partial charge >= 0.3 is 29.6 Å². The van der Waals surface area contributed by atoms with Gasteiger partial charge in [0.15, 0.2) is 12.2 Å². The van der Waals surface area contributed by atoms with Crippen molar-refractivity contribution in [3.8, 4) is 5.75 Å². The van der Waals surface area contributed by atoms with Crippen molar-refractivity contribution in [2.45, 2.75) is 58.4 Å². The highest BCUT2D eigenvalue weighted by atomic mass is 16.7. The average molecular weight is 564 g/mol. The van der Waals surface area contributed by atoms with Gasteiger partial charge in [-0.25, -0.2) is 0 Å². The van der Waals surface area contributed by atoms with Crippen molar-refractivity contribution < 1.29 is 57.4 Å². The van der Waals surface area contributed by atoms with Gasteiger partial charge in [-0.2, -0.15) is 0 Å². The minimum absolute atomic E-state index is 0.0151. The molecule has 16 heteroatoms. The number of carbonyl (C=O) groups is 4. The molecule has 0 N–H and O–H groups in total. The van der Waals surface area contributed by atoms with Crippen LogP contribution in [0.5, 0.6) is 5.75 Å². The molecular weight excluding hydrogens is 540 g/mol. The summed E-state index contributed by atoms with van der Waals surface area (Å²) in [5.41, 5.74) is -1.39. The van der Waals surface area contributed by atoms with Gasteiger partial charge in [0.25, 0.3) is 5.69 Å². The first-order valence-corrected chi connectivity index (χ1v) is 11.6. The number of esters is 4. The van der Waals surface area contributed by atoms with Gasteiger partial charge in [0.2, 0.25) is 18.1 Å². The molecule has 1 fully saturated rings. The Balaban J connectivity index is 2.21. The van der Waals surface area contributed by atoms with E-state index in [1.165, 1.54) is 24.3 Å². The SMILES string of the molecule is CC(=O)OC[C@H]1O[C@@H](Oc2c([N+](=O)[O-])cc([N+](=O)[O-])c3ccccc23)[C@@H](OC(C)=O)[C@@H](OC(C)=O)[C@H]1OC(C)=O. The normalized spacial score (nSPS) is 22.1. The maximum atomic E-state index is 12.0. The number of fused-ring (bicyclic) bond motifs is 1. The fourth-order valence-corrected chi connectivity index (χ4v) is 4.13. The van der Waals surface area contributed by atoms with Crippen LogP contribution in [0.1, 0.15) is 27.7 Å². The first-order valence-electron chi connectivity index (χ1n) is 11.6. The van der Waals surface area contributed by atoms with Gasteiger partial charge < -0.3 is 28.4 Å². The van der Waals surface area contributed by atoms with Crippen molar-refractivity contribution in [3.05, 3.63) is 50.6 Å². The molecule has 3 rings (SSSR count). The molecule has 1 saturated heterocycles. The van der Waals surface area contributed by atoms with E-state index < -0.39 is 88.2 Å². The molecule has 0 saturated carbocycles. The zero-order chi connectivity index (χ0) is 29.7. The molecule has 0 bridgehead atoms. The fraction of sp³-hybridized carbons (Fsp3) is 0.417. The summed E-state index contributed by atoms with van der Waals surface area (Å²) in [6, 6.07) is 6.30. The zero-order valence-corrected chi connectivity index (χ0v) is 21.6. The Kier molecular flexibility index (Phi) is 9.15.